The van der Waals surface area contributed by atoms with E-state index in [2.05, 4.69) is 36.5 Å². The summed E-state index contributed by atoms with van der Waals surface area (Å²) in [6.07, 6.45) is 25.0. The Bertz CT molecular complexity index is 234. The maximum atomic E-state index is 5.37. The van der Waals surface area contributed by atoms with E-state index in [4.69, 9.17) is 5.73 Å². The highest BCUT2D eigenvalue weighted by atomic mass is 14.9. The topological polar surface area (TPSA) is 38.0 Å². The van der Waals surface area contributed by atoms with Gasteiger partial charge in [-0.3, -0.25) is 0 Å². The summed E-state index contributed by atoms with van der Waals surface area (Å²) in [7, 11) is 0. The van der Waals surface area contributed by atoms with Crippen molar-refractivity contribution in [1.82, 2.24) is 5.32 Å². The number of allylic oxidation sites excluding steroid dienone is 4. The number of hydrogen-bond acceptors (Lipinski definition) is 2. The third-order valence-corrected chi connectivity index (χ3v) is 3.70. The van der Waals surface area contributed by atoms with Crippen LogP contribution < -0.4 is 11.1 Å². The summed E-state index contributed by atoms with van der Waals surface area (Å²) in [4.78, 5) is 0. The van der Waals surface area contributed by atoms with Crippen molar-refractivity contribution < 1.29 is 0 Å². The van der Waals surface area contributed by atoms with E-state index in [1.165, 1.54) is 70.6 Å². The van der Waals surface area contributed by atoms with Gasteiger partial charge >= 0.3 is 0 Å². The van der Waals surface area contributed by atoms with E-state index in [9.17, 15) is 0 Å². The number of nitrogens with two attached hydrogens (primary N) is 1. The molecule has 0 bridgehead atoms. The van der Waals surface area contributed by atoms with E-state index in [-0.39, 0.29) is 0 Å². The van der Waals surface area contributed by atoms with Gasteiger partial charge in [0.15, 0.2) is 0 Å². The fraction of sp³-hybridized carbons (Fsp3) is 0.789. The molecule has 0 aromatic carbocycles. The third kappa shape index (κ3) is 19.4. The molecular weight excluding hydrogens is 256 g/mol. The van der Waals surface area contributed by atoms with Crippen molar-refractivity contribution in [3.05, 3.63) is 24.3 Å². The highest BCUT2D eigenvalue weighted by molar-refractivity contribution is 4.92. The highest BCUT2D eigenvalue weighted by Crippen LogP contribution is 2.07. The van der Waals surface area contributed by atoms with Crippen molar-refractivity contribution >= 4 is 0 Å². The van der Waals surface area contributed by atoms with Crippen molar-refractivity contribution in [2.75, 3.05) is 13.2 Å². The normalized spacial score (nSPS) is 11.9. The number of hydrogen-bond donors (Lipinski definition) is 2. The minimum absolute atomic E-state index is 0.611. The Morgan fingerprint density at radius 2 is 1.29 bits per heavy atom. The first kappa shape index (κ1) is 20.4. The summed E-state index contributed by atoms with van der Waals surface area (Å²) >= 11 is 0. The molecule has 2 heteroatoms. The van der Waals surface area contributed by atoms with Crippen molar-refractivity contribution in [2.45, 2.75) is 84.0 Å². The molecule has 0 atom stereocenters. The predicted molar refractivity (Wildman–Crippen MR) is 96.4 cm³/mol. The average molecular weight is 295 g/mol. The second-order valence-electron chi connectivity index (χ2n) is 5.79. The van der Waals surface area contributed by atoms with E-state index in [0.29, 0.717) is 6.67 Å². The third-order valence-electron chi connectivity index (χ3n) is 3.70. The number of nitrogens with one attached hydrogen (secondary N) is 1. The minimum atomic E-state index is 0.611. The summed E-state index contributed by atoms with van der Waals surface area (Å²) in [5.41, 5.74) is 5.37. The highest BCUT2D eigenvalue weighted by Gasteiger charge is 1.90. The molecule has 0 unspecified atom stereocenters. The summed E-state index contributed by atoms with van der Waals surface area (Å²) in [6.45, 7) is 3.94. The van der Waals surface area contributed by atoms with E-state index in [1.807, 2.05) is 0 Å². The van der Waals surface area contributed by atoms with E-state index >= 15 is 0 Å². The quantitative estimate of drug-likeness (QED) is 0.230. The predicted octanol–water partition coefficient (Wildman–Crippen LogP) is 5.31. The first-order valence-corrected chi connectivity index (χ1v) is 9.12. The van der Waals surface area contributed by atoms with Gasteiger partial charge in [0.25, 0.3) is 0 Å². The summed E-state index contributed by atoms with van der Waals surface area (Å²) in [6, 6.07) is 0. The molecule has 0 aliphatic carbocycles. The zero-order chi connectivity index (χ0) is 15.4. The summed E-state index contributed by atoms with van der Waals surface area (Å²) in [5, 5.41) is 3.16. The number of unbranched alkanes of at least 4 members (excludes halogenated alkanes) is 9. The van der Waals surface area contributed by atoms with Crippen LogP contribution in [-0.4, -0.2) is 13.2 Å². The maximum absolute atomic E-state index is 5.37. The molecule has 124 valence electrons. The van der Waals surface area contributed by atoms with Crippen LogP contribution in [0.3, 0.4) is 0 Å². The molecule has 0 aliphatic heterocycles. The lowest BCUT2D eigenvalue weighted by Gasteiger charge is -2.01. The molecule has 0 saturated carbocycles. The Labute approximate surface area is 133 Å². The van der Waals surface area contributed by atoms with Gasteiger partial charge in [0.05, 0.1) is 0 Å². The summed E-state index contributed by atoms with van der Waals surface area (Å²) in [5.74, 6) is 0. The molecular formula is C19H38N2. The van der Waals surface area contributed by atoms with Crippen LogP contribution in [0.15, 0.2) is 24.3 Å². The molecule has 0 radical (unpaired) electrons. The fourth-order valence-corrected chi connectivity index (χ4v) is 2.34. The Morgan fingerprint density at radius 1 is 0.714 bits per heavy atom. The van der Waals surface area contributed by atoms with Gasteiger partial charge in [0.2, 0.25) is 0 Å². The minimum Gasteiger partial charge on any atom is -0.318 e. The second kappa shape index (κ2) is 19.4. The van der Waals surface area contributed by atoms with Crippen molar-refractivity contribution in [1.29, 1.82) is 0 Å². The van der Waals surface area contributed by atoms with Crippen LogP contribution in [-0.2, 0) is 0 Å². The van der Waals surface area contributed by atoms with Crippen LogP contribution in [0.1, 0.15) is 84.0 Å². The van der Waals surface area contributed by atoms with Crippen molar-refractivity contribution in [3.63, 3.8) is 0 Å². The van der Waals surface area contributed by atoms with Crippen molar-refractivity contribution in [2.24, 2.45) is 5.73 Å². The van der Waals surface area contributed by atoms with Crippen LogP contribution in [0.2, 0.25) is 0 Å². The zero-order valence-electron chi connectivity index (χ0n) is 14.3. The molecule has 2 nitrogen and oxygen atoms in total. The van der Waals surface area contributed by atoms with Gasteiger partial charge in [-0.05, 0) is 45.1 Å². The lowest BCUT2D eigenvalue weighted by Crippen LogP contribution is -2.23. The van der Waals surface area contributed by atoms with Crippen LogP contribution in [0.4, 0.5) is 0 Å². The van der Waals surface area contributed by atoms with Gasteiger partial charge < -0.3 is 11.1 Å². The fourth-order valence-electron chi connectivity index (χ4n) is 2.34. The molecule has 0 aromatic rings. The van der Waals surface area contributed by atoms with E-state index in [0.717, 1.165) is 13.0 Å². The standard InChI is InChI=1S/C19H38N2/c1-2-3-4-5-6-7-8-9-10-11-12-13-14-15-16-17-18-21-19-20/h6-7,9-10,21H,2-5,8,11-20H2,1H3/b7-6-,10-9-. The van der Waals surface area contributed by atoms with Crippen LogP contribution >= 0.6 is 0 Å². The molecule has 0 aliphatic rings. The summed E-state index contributed by atoms with van der Waals surface area (Å²) < 4.78 is 0. The van der Waals surface area contributed by atoms with Crippen LogP contribution in [0.5, 0.6) is 0 Å². The van der Waals surface area contributed by atoms with Crippen molar-refractivity contribution in [3.8, 4) is 0 Å². The van der Waals surface area contributed by atoms with Gasteiger partial charge in [-0.25, -0.2) is 0 Å². The average Bonchev–Trinajstić information content (AvgIpc) is 2.50. The Morgan fingerprint density at radius 3 is 1.90 bits per heavy atom. The first-order chi connectivity index (χ1) is 10.4. The van der Waals surface area contributed by atoms with Crippen LogP contribution in [0, 0.1) is 0 Å². The van der Waals surface area contributed by atoms with Gasteiger partial charge in [0, 0.05) is 6.67 Å². The molecule has 0 heterocycles. The molecule has 0 aromatic heterocycles. The molecule has 21 heavy (non-hydrogen) atoms. The van der Waals surface area contributed by atoms with Gasteiger partial charge in [-0.1, -0.05) is 69.8 Å². The van der Waals surface area contributed by atoms with Crippen LogP contribution in [0.25, 0.3) is 0 Å². The maximum Gasteiger partial charge on any atom is 0.0428 e. The number of rotatable bonds is 16. The lowest BCUT2D eigenvalue weighted by molar-refractivity contribution is 0.570. The molecule has 0 amide bonds. The van der Waals surface area contributed by atoms with Gasteiger partial charge in [0.1, 0.15) is 0 Å². The molecule has 0 rings (SSSR count). The van der Waals surface area contributed by atoms with Gasteiger partial charge in [-0.2, -0.15) is 0 Å². The monoisotopic (exact) mass is 294 g/mol. The largest absolute Gasteiger partial charge is 0.318 e. The first-order valence-electron chi connectivity index (χ1n) is 9.12. The molecule has 0 fully saturated rings. The molecule has 3 N–H and O–H groups in total. The van der Waals surface area contributed by atoms with E-state index in [1.54, 1.807) is 0 Å². The second-order valence-corrected chi connectivity index (χ2v) is 5.79. The Hall–Kier alpha value is -0.600. The zero-order valence-corrected chi connectivity index (χ0v) is 14.3. The van der Waals surface area contributed by atoms with E-state index < -0.39 is 0 Å². The SMILES string of the molecule is CCCCC/C=C\C/C=C\CCCCCCCCNCN. The lowest BCUT2D eigenvalue weighted by atomic mass is 10.1. The van der Waals surface area contributed by atoms with Gasteiger partial charge in [-0.15, -0.1) is 0 Å². The Balaban J connectivity index is 3.11. The molecule has 0 saturated heterocycles. The molecule has 0 spiro atoms. The smallest absolute Gasteiger partial charge is 0.0428 e. The Kier molecular flexibility index (Phi) is 18.8.